The van der Waals surface area contributed by atoms with Crippen molar-refractivity contribution in [2.75, 3.05) is 46.3 Å². The van der Waals surface area contributed by atoms with E-state index in [0.717, 1.165) is 64.3 Å². The molecule has 6 heteroatoms. The van der Waals surface area contributed by atoms with Crippen LogP contribution in [0.4, 0.5) is 0 Å². The number of nitrogens with zero attached hydrogens (tertiary/aromatic N) is 2. The number of piperidine rings is 1. The third-order valence-electron chi connectivity index (χ3n) is 5.74. The van der Waals surface area contributed by atoms with Crippen molar-refractivity contribution in [3.05, 3.63) is 29.8 Å². The van der Waals surface area contributed by atoms with E-state index in [4.69, 9.17) is 4.74 Å². The summed E-state index contributed by atoms with van der Waals surface area (Å²) in [5.74, 6) is 1.46. The Morgan fingerprint density at radius 2 is 1.90 bits per heavy atom. The van der Waals surface area contributed by atoms with Gasteiger partial charge in [-0.1, -0.05) is 26.8 Å². The Balaban J connectivity index is 1.48. The van der Waals surface area contributed by atoms with Crippen LogP contribution in [0.3, 0.4) is 0 Å². The number of carbonyl (C=O) groups excluding carboxylic acids is 1. The van der Waals surface area contributed by atoms with Gasteiger partial charge in [0.1, 0.15) is 11.9 Å². The van der Waals surface area contributed by atoms with Crippen LogP contribution in [0.5, 0.6) is 5.75 Å². The fourth-order valence-electron chi connectivity index (χ4n) is 4.16. The van der Waals surface area contributed by atoms with E-state index in [-0.39, 0.29) is 12.0 Å². The van der Waals surface area contributed by atoms with Gasteiger partial charge in [-0.25, -0.2) is 0 Å². The molecule has 0 radical (unpaired) electrons. The summed E-state index contributed by atoms with van der Waals surface area (Å²) in [4.78, 5) is 17.2. The molecule has 2 aliphatic heterocycles. The van der Waals surface area contributed by atoms with Crippen molar-refractivity contribution in [1.29, 1.82) is 0 Å². The van der Waals surface area contributed by atoms with E-state index < -0.39 is 0 Å². The van der Waals surface area contributed by atoms with Crippen molar-refractivity contribution < 1.29 is 9.53 Å². The van der Waals surface area contributed by atoms with Crippen molar-refractivity contribution in [1.82, 2.24) is 20.7 Å². The summed E-state index contributed by atoms with van der Waals surface area (Å²) in [5, 5.41) is 0. The SMILES string of the molecule is CN(CCC1CNNC1)C(=O)c1cccc(OC2CCN(CC(C)(C)C)CC2)c1. The van der Waals surface area contributed by atoms with Crippen molar-refractivity contribution >= 4 is 5.91 Å². The molecule has 2 saturated heterocycles. The first kappa shape index (κ1) is 22.1. The van der Waals surface area contributed by atoms with Crippen molar-refractivity contribution in [2.45, 2.75) is 46.1 Å². The molecular formula is C23H38N4O2. The molecule has 6 nitrogen and oxygen atoms in total. The number of carbonyl (C=O) groups is 1. The number of nitrogens with one attached hydrogen (secondary N) is 2. The topological polar surface area (TPSA) is 56.8 Å². The zero-order valence-electron chi connectivity index (χ0n) is 18.5. The van der Waals surface area contributed by atoms with Gasteiger partial charge in [0, 0.05) is 51.9 Å². The second-order valence-electron chi connectivity index (χ2n) is 9.83. The largest absolute Gasteiger partial charge is 0.490 e. The number of benzene rings is 1. The quantitative estimate of drug-likeness (QED) is 0.735. The van der Waals surface area contributed by atoms with E-state index >= 15 is 0 Å². The molecule has 0 aromatic heterocycles. The van der Waals surface area contributed by atoms with Gasteiger partial charge in [-0.2, -0.15) is 0 Å². The number of hydrogen-bond donors (Lipinski definition) is 2. The number of ether oxygens (including phenoxy) is 1. The van der Waals surface area contributed by atoms with Crippen molar-refractivity contribution in [3.63, 3.8) is 0 Å². The third kappa shape index (κ3) is 6.98. The normalized spacial score (nSPS) is 19.4. The minimum atomic E-state index is 0.0642. The van der Waals surface area contributed by atoms with Gasteiger partial charge in [0.25, 0.3) is 5.91 Å². The Bertz CT molecular complexity index is 659. The van der Waals surface area contributed by atoms with E-state index in [1.165, 1.54) is 0 Å². The Morgan fingerprint density at radius 1 is 1.21 bits per heavy atom. The monoisotopic (exact) mass is 402 g/mol. The number of hydrogen-bond acceptors (Lipinski definition) is 5. The third-order valence-corrected chi connectivity index (χ3v) is 5.74. The molecule has 0 atom stereocenters. The predicted molar refractivity (Wildman–Crippen MR) is 117 cm³/mol. The summed E-state index contributed by atoms with van der Waals surface area (Å²) < 4.78 is 6.23. The lowest BCUT2D eigenvalue weighted by molar-refractivity contribution is 0.0776. The molecule has 29 heavy (non-hydrogen) atoms. The zero-order valence-corrected chi connectivity index (χ0v) is 18.5. The summed E-state index contributed by atoms with van der Waals surface area (Å²) in [6.07, 6.45) is 3.32. The highest BCUT2D eigenvalue weighted by Crippen LogP contribution is 2.23. The highest BCUT2D eigenvalue weighted by molar-refractivity contribution is 5.94. The lowest BCUT2D eigenvalue weighted by Crippen LogP contribution is -2.42. The molecule has 1 aromatic rings. The predicted octanol–water partition coefficient (Wildman–Crippen LogP) is 2.76. The average Bonchev–Trinajstić information content (AvgIpc) is 3.20. The lowest BCUT2D eigenvalue weighted by atomic mass is 9.94. The maximum Gasteiger partial charge on any atom is 0.253 e. The van der Waals surface area contributed by atoms with Gasteiger partial charge in [-0.15, -0.1) is 0 Å². The van der Waals surface area contributed by atoms with Crippen LogP contribution in [-0.2, 0) is 0 Å². The molecule has 2 N–H and O–H groups in total. The minimum absolute atomic E-state index is 0.0642. The van der Waals surface area contributed by atoms with Crippen LogP contribution >= 0.6 is 0 Å². The lowest BCUT2D eigenvalue weighted by Gasteiger charge is -2.36. The molecule has 1 aromatic carbocycles. The van der Waals surface area contributed by atoms with Crippen LogP contribution in [0.25, 0.3) is 0 Å². The number of rotatable bonds is 7. The van der Waals surface area contributed by atoms with E-state index in [2.05, 4.69) is 36.5 Å². The van der Waals surface area contributed by atoms with Gasteiger partial charge in [-0.3, -0.25) is 15.6 Å². The smallest absolute Gasteiger partial charge is 0.253 e. The first-order valence-corrected chi connectivity index (χ1v) is 11.0. The van der Waals surface area contributed by atoms with Gasteiger partial charge in [0.05, 0.1) is 0 Å². The molecule has 2 aliphatic rings. The van der Waals surface area contributed by atoms with Gasteiger partial charge < -0.3 is 14.5 Å². The molecule has 2 fully saturated rings. The van der Waals surface area contributed by atoms with Crippen molar-refractivity contribution in [2.24, 2.45) is 11.3 Å². The minimum Gasteiger partial charge on any atom is -0.490 e. The van der Waals surface area contributed by atoms with Gasteiger partial charge >= 0.3 is 0 Å². The molecule has 0 spiro atoms. The van der Waals surface area contributed by atoms with Crippen LogP contribution < -0.4 is 15.6 Å². The molecule has 2 heterocycles. The van der Waals surface area contributed by atoms with Crippen LogP contribution in [0.15, 0.2) is 24.3 Å². The Labute approximate surface area is 175 Å². The summed E-state index contributed by atoms with van der Waals surface area (Å²) >= 11 is 0. The van der Waals surface area contributed by atoms with Crippen LogP contribution in [0.1, 0.15) is 50.4 Å². The van der Waals surface area contributed by atoms with E-state index in [1.54, 1.807) is 0 Å². The number of amides is 1. The zero-order chi connectivity index (χ0) is 20.9. The molecular weight excluding hydrogens is 364 g/mol. The Morgan fingerprint density at radius 3 is 2.55 bits per heavy atom. The van der Waals surface area contributed by atoms with Crippen LogP contribution in [0, 0.1) is 11.3 Å². The molecule has 0 bridgehead atoms. The van der Waals surface area contributed by atoms with Crippen LogP contribution in [0.2, 0.25) is 0 Å². The molecule has 0 saturated carbocycles. The number of likely N-dealkylation sites (tertiary alicyclic amines) is 1. The van der Waals surface area contributed by atoms with E-state index in [0.29, 0.717) is 16.9 Å². The Hall–Kier alpha value is -1.63. The van der Waals surface area contributed by atoms with Gasteiger partial charge in [0.15, 0.2) is 0 Å². The maximum absolute atomic E-state index is 12.8. The molecule has 3 rings (SSSR count). The first-order chi connectivity index (χ1) is 13.8. The fraction of sp³-hybridized carbons (Fsp3) is 0.696. The summed E-state index contributed by atoms with van der Waals surface area (Å²) in [6, 6.07) is 7.68. The second-order valence-corrected chi connectivity index (χ2v) is 9.83. The molecule has 1 amide bonds. The molecule has 0 unspecified atom stereocenters. The Kier molecular flexibility index (Phi) is 7.55. The maximum atomic E-state index is 12.8. The average molecular weight is 403 g/mol. The highest BCUT2D eigenvalue weighted by Gasteiger charge is 2.24. The van der Waals surface area contributed by atoms with E-state index in [9.17, 15) is 4.79 Å². The molecule has 162 valence electrons. The van der Waals surface area contributed by atoms with E-state index in [1.807, 2.05) is 36.2 Å². The highest BCUT2D eigenvalue weighted by atomic mass is 16.5. The summed E-state index contributed by atoms with van der Waals surface area (Å²) in [6.45, 7) is 12.9. The van der Waals surface area contributed by atoms with Crippen molar-refractivity contribution in [3.8, 4) is 5.75 Å². The second kappa shape index (κ2) is 9.92. The van der Waals surface area contributed by atoms with Gasteiger partial charge in [0.2, 0.25) is 0 Å². The van der Waals surface area contributed by atoms with Gasteiger partial charge in [-0.05, 0) is 48.8 Å². The standard InChI is InChI=1S/C23H38N4O2/c1-23(2,3)17-27-12-9-20(10-13-27)29-21-7-5-6-19(14-21)22(28)26(4)11-8-18-15-24-25-16-18/h5-7,14,18,20,24-25H,8-13,15-17H2,1-4H3. The van der Waals surface area contributed by atoms with Crippen LogP contribution in [-0.4, -0.2) is 68.1 Å². The molecule has 0 aliphatic carbocycles. The number of hydrazine groups is 1. The summed E-state index contributed by atoms with van der Waals surface area (Å²) in [5.41, 5.74) is 7.33. The summed E-state index contributed by atoms with van der Waals surface area (Å²) in [7, 11) is 1.89. The first-order valence-electron chi connectivity index (χ1n) is 11.0. The fourth-order valence-corrected chi connectivity index (χ4v) is 4.16.